The summed E-state index contributed by atoms with van der Waals surface area (Å²) in [6.07, 6.45) is 0. The molecule has 100 valence electrons. The molecule has 1 aromatic rings. The van der Waals surface area contributed by atoms with Crippen molar-refractivity contribution in [3.63, 3.8) is 0 Å². The Morgan fingerprint density at radius 2 is 1.78 bits per heavy atom. The highest BCUT2D eigenvalue weighted by Gasteiger charge is 2.22. The molecule has 3 nitrogen and oxygen atoms in total. The Labute approximate surface area is 110 Å². The molecule has 0 bridgehead atoms. The van der Waals surface area contributed by atoms with Crippen LogP contribution in [0.3, 0.4) is 0 Å². The second-order valence-corrected chi connectivity index (χ2v) is 4.93. The third-order valence-corrected chi connectivity index (χ3v) is 2.60. The van der Waals surface area contributed by atoms with Gasteiger partial charge in [-0.15, -0.1) is 0 Å². The normalized spacial score (nSPS) is 12.6. The van der Waals surface area contributed by atoms with Gasteiger partial charge in [0.1, 0.15) is 6.04 Å². The Bertz CT molecular complexity index is 393. The SMILES string of the molecule is CCOC(=O)C(NC(C)C)c1cc(C)cc(C)c1. The van der Waals surface area contributed by atoms with E-state index in [4.69, 9.17) is 4.74 Å². The van der Waals surface area contributed by atoms with E-state index in [2.05, 4.69) is 11.4 Å². The molecule has 0 radical (unpaired) electrons. The van der Waals surface area contributed by atoms with Gasteiger partial charge in [0.25, 0.3) is 0 Å². The van der Waals surface area contributed by atoms with Gasteiger partial charge in [0.05, 0.1) is 6.61 Å². The summed E-state index contributed by atoms with van der Waals surface area (Å²) >= 11 is 0. The lowest BCUT2D eigenvalue weighted by atomic mass is 10.0. The summed E-state index contributed by atoms with van der Waals surface area (Å²) in [5, 5.41) is 3.26. The molecule has 0 fully saturated rings. The summed E-state index contributed by atoms with van der Waals surface area (Å²) in [5.41, 5.74) is 3.29. The Morgan fingerprint density at radius 1 is 1.22 bits per heavy atom. The van der Waals surface area contributed by atoms with E-state index in [1.54, 1.807) is 0 Å². The number of hydrogen-bond donors (Lipinski definition) is 1. The molecule has 3 heteroatoms. The van der Waals surface area contributed by atoms with E-state index >= 15 is 0 Å². The summed E-state index contributed by atoms with van der Waals surface area (Å²) < 4.78 is 5.14. The van der Waals surface area contributed by atoms with Crippen molar-refractivity contribution >= 4 is 5.97 Å². The molecule has 0 saturated heterocycles. The topological polar surface area (TPSA) is 38.3 Å². The first-order valence-electron chi connectivity index (χ1n) is 6.45. The summed E-state index contributed by atoms with van der Waals surface area (Å²) in [7, 11) is 0. The van der Waals surface area contributed by atoms with Gasteiger partial charge in [-0.2, -0.15) is 0 Å². The van der Waals surface area contributed by atoms with Crippen LogP contribution in [0, 0.1) is 13.8 Å². The zero-order chi connectivity index (χ0) is 13.7. The van der Waals surface area contributed by atoms with Crippen molar-refractivity contribution in [2.45, 2.75) is 46.7 Å². The molecule has 0 aliphatic rings. The van der Waals surface area contributed by atoms with Gasteiger partial charge < -0.3 is 4.74 Å². The lowest BCUT2D eigenvalue weighted by Gasteiger charge is -2.21. The van der Waals surface area contributed by atoms with Crippen LogP contribution >= 0.6 is 0 Å². The zero-order valence-corrected chi connectivity index (χ0v) is 11.9. The maximum Gasteiger partial charge on any atom is 0.327 e. The second kappa shape index (κ2) is 6.55. The van der Waals surface area contributed by atoms with Crippen LogP contribution in [0.2, 0.25) is 0 Å². The number of carbonyl (C=O) groups is 1. The van der Waals surface area contributed by atoms with Gasteiger partial charge in [-0.25, -0.2) is 4.79 Å². The van der Waals surface area contributed by atoms with Crippen LogP contribution < -0.4 is 5.32 Å². The van der Waals surface area contributed by atoms with Crippen LogP contribution in [0.25, 0.3) is 0 Å². The fourth-order valence-electron chi connectivity index (χ4n) is 2.04. The smallest absolute Gasteiger partial charge is 0.327 e. The van der Waals surface area contributed by atoms with E-state index in [0.717, 1.165) is 16.7 Å². The maximum absolute atomic E-state index is 12.0. The molecule has 0 aliphatic carbocycles. The number of rotatable bonds is 5. The van der Waals surface area contributed by atoms with E-state index in [1.165, 1.54) is 0 Å². The highest BCUT2D eigenvalue weighted by atomic mass is 16.5. The quantitative estimate of drug-likeness (QED) is 0.815. The predicted molar refractivity (Wildman–Crippen MR) is 73.6 cm³/mol. The molecule has 1 N–H and O–H groups in total. The minimum atomic E-state index is -0.386. The van der Waals surface area contributed by atoms with Crippen molar-refractivity contribution in [1.82, 2.24) is 5.32 Å². The van der Waals surface area contributed by atoms with Crippen LogP contribution in [-0.4, -0.2) is 18.6 Å². The van der Waals surface area contributed by atoms with Gasteiger partial charge in [-0.05, 0) is 40.2 Å². The molecule has 1 unspecified atom stereocenters. The monoisotopic (exact) mass is 249 g/mol. The van der Waals surface area contributed by atoms with Crippen molar-refractivity contribution in [2.24, 2.45) is 0 Å². The lowest BCUT2D eigenvalue weighted by Crippen LogP contribution is -2.35. The first-order chi connectivity index (χ1) is 8.43. The Morgan fingerprint density at radius 3 is 2.22 bits per heavy atom. The van der Waals surface area contributed by atoms with E-state index in [0.29, 0.717) is 6.61 Å². The molecule has 0 spiro atoms. The number of benzene rings is 1. The molecule has 1 aromatic carbocycles. The largest absolute Gasteiger partial charge is 0.465 e. The van der Waals surface area contributed by atoms with Crippen molar-refractivity contribution in [1.29, 1.82) is 0 Å². The Balaban J connectivity index is 3.04. The first kappa shape index (κ1) is 14.7. The fraction of sp³-hybridized carbons (Fsp3) is 0.533. The van der Waals surface area contributed by atoms with Crippen LogP contribution in [0.1, 0.15) is 43.5 Å². The van der Waals surface area contributed by atoms with E-state index in [-0.39, 0.29) is 18.1 Å². The molecule has 0 saturated carbocycles. The van der Waals surface area contributed by atoms with E-state index < -0.39 is 0 Å². The molecular weight excluding hydrogens is 226 g/mol. The molecule has 1 rings (SSSR count). The number of hydrogen-bond acceptors (Lipinski definition) is 3. The Kier molecular flexibility index (Phi) is 5.35. The van der Waals surface area contributed by atoms with Gasteiger partial charge in [0.15, 0.2) is 0 Å². The minimum Gasteiger partial charge on any atom is -0.465 e. The number of ether oxygens (including phenoxy) is 1. The van der Waals surface area contributed by atoms with Crippen LogP contribution in [0.5, 0.6) is 0 Å². The first-order valence-corrected chi connectivity index (χ1v) is 6.45. The van der Waals surface area contributed by atoms with Crippen molar-refractivity contribution in [3.05, 3.63) is 34.9 Å². The number of esters is 1. The van der Waals surface area contributed by atoms with Gasteiger partial charge >= 0.3 is 5.97 Å². The number of aryl methyl sites for hydroxylation is 2. The molecule has 1 atom stereocenters. The van der Waals surface area contributed by atoms with Crippen molar-refractivity contribution < 1.29 is 9.53 Å². The average Bonchev–Trinajstić information content (AvgIpc) is 2.24. The molecular formula is C15H23NO2. The molecule has 0 aliphatic heterocycles. The predicted octanol–water partition coefficient (Wildman–Crippen LogP) is 2.91. The average molecular weight is 249 g/mol. The van der Waals surface area contributed by atoms with Crippen molar-refractivity contribution in [3.8, 4) is 0 Å². The molecule has 18 heavy (non-hydrogen) atoms. The summed E-state index contributed by atoms with van der Waals surface area (Å²) in [6, 6.07) is 6.00. The third-order valence-electron chi connectivity index (χ3n) is 2.60. The number of nitrogens with one attached hydrogen (secondary N) is 1. The van der Waals surface area contributed by atoms with Crippen LogP contribution in [-0.2, 0) is 9.53 Å². The highest BCUT2D eigenvalue weighted by Crippen LogP contribution is 2.19. The van der Waals surface area contributed by atoms with Crippen LogP contribution in [0.15, 0.2) is 18.2 Å². The molecule has 0 heterocycles. The van der Waals surface area contributed by atoms with E-state index in [9.17, 15) is 4.79 Å². The van der Waals surface area contributed by atoms with Gasteiger partial charge in [-0.3, -0.25) is 5.32 Å². The van der Waals surface area contributed by atoms with Crippen LogP contribution in [0.4, 0.5) is 0 Å². The summed E-state index contributed by atoms with van der Waals surface area (Å²) in [4.78, 5) is 12.0. The third kappa shape index (κ3) is 4.15. The lowest BCUT2D eigenvalue weighted by molar-refractivity contribution is -0.146. The Hall–Kier alpha value is -1.35. The second-order valence-electron chi connectivity index (χ2n) is 4.93. The minimum absolute atomic E-state index is 0.212. The molecule has 0 amide bonds. The zero-order valence-electron chi connectivity index (χ0n) is 11.9. The summed E-state index contributed by atoms with van der Waals surface area (Å²) in [5.74, 6) is -0.212. The standard InChI is InChI=1S/C15H23NO2/c1-6-18-15(17)14(16-10(2)3)13-8-11(4)7-12(5)9-13/h7-10,14,16H,6H2,1-5H3. The van der Waals surface area contributed by atoms with Gasteiger partial charge in [0.2, 0.25) is 0 Å². The fourth-order valence-corrected chi connectivity index (χ4v) is 2.04. The van der Waals surface area contributed by atoms with Crippen molar-refractivity contribution in [2.75, 3.05) is 6.61 Å². The van der Waals surface area contributed by atoms with Gasteiger partial charge in [-0.1, -0.05) is 29.3 Å². The maximum atomic E-state index is 12.0. The number of carbonyl (C=O) groups excluding carboxylic acids is 1. The van der Waals surface area contributed by atoms with E-state index in [1.807, 2.05) is 46.8 Å². The highest BCUT2D eigenvalue weighted by molar-refractivity contribution is 5.77. The summed E-state index contributed by atoms with van der Waals surface area (Å²) in [6.45, 7) is 10.3. The van der Waals surface area contributed by atoms with Gasteiger partial charge in [0, 0.05) is 6.04 Å². The molecule has 0 aromatic heterocycles.